The van der Waals surface area contributed by atoms with Crippen molar-refractivity contribution in [3.63, 3.8) is 0 Å². The Balaban J connectivity index is 1.77. The predicted octanol–water partition coefficient (Wildman–Crippen LogP) is 0.914. The summed E-state index contributed by atoms with van der Waals surface area (Å²) in [6, 6.07) is 0. The lowest BCUT2D eigenvalue weighted by Crippen LogP contribution is -2.46. The molecule has 1 fully saturated rings. The standard InChI is InChI=1S/C12H21N3OS/c1-10-12(17-9-14-10)3-4-15-5-6-16-11(8-15)7-13-2/h9,11,13H,3-8H2,1-2H3. The number of rotatable bonds is 5. The summed E-state index contributed by atoms with van der Waals surface area (Å²) in [5.74, 6) is 0. The quantitative estimate of drug-likeness (QED) is 0.849. The maximum absolute atomic E-state index is 5.70. The van der Waals surface area contributed by atoms with Gasteiger partial charge in [-0.1, -0.05) is 0 Å². The Morgan fingerprint density at radius 1 is 1.65 bits per heavy atom. The molecule has 5 heteroatoms. The smallest absolute Gasteiger partial charge is 0.0826 e. The molecule has 0 aromatic carbocycles. The van der Waals surface area contributed by atoms with E-state index in [2.05, 4.69) is 22.1 Å². The topological polar surface area (TPSA) is 37.4 Å². The number of thiazole rings is 1. The molecule has 96 valence electrons. The molecule has 0 spiro atoms. The molecule has 1 aliphatic heterocycles. The van der Waals surface area contributed by atoms with E-state index in [-0.39, 0.29) is 0 Å². The van der Waals surface area contributed by atoms with E-state index in [0.717, 1.165) is 39.2 Å². The van der Waals surface area contributed by atoms with Crippen molar-refractivity contribution in [3.8, 4) is 0 Å². The SMILES string of the molecule is CNCC1CN(CCc2scnc2C)CCO1. The van der Waals surface area contributed by atoms with Crippen molar-refractivity contribution in [2.45, 2.75) is 19.4 Å². The fraction of sp³-hybridized carbons (Fsp3) is 0.750. The Kier molecular flexibility index (Phi) is 4.91. The number of hydrogen-bond donors (Lipinski definition) is 1. The van der Waals surface area contributed by atoms with Crippen LogP contribution >= 0.6 is 11.3 Å². The summed E-state index contributed by atoms with van der Waals surface area (Å²) in [7, 11) is 1.98. The Morgan fingerprint density at radius 2 is 2.53 bits per heavy atom. The second kappa shape index (κ2) is 6.44. The van der Waals surface area contributed by atoms with Crippen molar-refractivity contribution in [1.29, 1.82) is 0 Å². The second-order valence-electron chi connectivity index (χ2n) is 4.46. The first-order chi connectivity index (χ1) is 8.29. The molecular weight excluding hydrogens is 234 g/mol. The molecule has 1 aromatic heterocycles. The molecule has 1 atom stereocenters. The van der Waals surface area contributed by atoms with E-state index in [4.69, 9.17) is 4.74 Å². The van der Waals surface area contributed by atoms with Crippen molar-refractivity contribution in [3.05, 3.63) is 16.1 Å². The van der Waals surface area contributed by atoms with Crippen LogP contribution < -0.4 is 5.32 Å². The van der Waals surface area contributed by atoms with Gasteiger partial charge in [0.15, 0.2) is 0 Å². The number of aromatic nitrogens is 1. The van der Waals surface area contributed by atoms with E-state index < -0.39 is 0 Å². The van der Waals surface area contributed by atoms with E-state index in [1.807, 2.05) is 12.6 Å². The van der Waals surface area contributed by atoms with E-state index in [0.29, 0.717) is 6.10 Å². The monoisotopic (exact) mass is 255 g/mol. The highest BCUT2D eigenvalue weighted by Gasteiger charge is 2.19. The zero-order valence-corrected chi connectivity index (χ0v) is 11.4. The van der Waals surface area contributed by atoms with Crippen LogP contribution in [0.25, 0.3) is 0 Å². The van der Waals surface area contributed by atoms with Gasteiger partial charge in [0.05, 0.1) is 23.9 Å². The van der Waals surface area contributed by atoms with Crippen LogP contribution in [0.3, 0.4) is 0 Å². The van der Waals surface area contributed by atoms with Crippen LogP contribution in [0.1, 0.15) is 10.6 Å². The molecule has 4 nitrogen and oxygen atoms in total. The summed E-state index contributed by atoms with van der Waals surface area (Å²) < 4.78 is 5.70. The lowest BCUT2D eigenvalue weighted by molar-refractivity contribution is -0.0257. The van der Waals surface area contributed by atoms with Gasteiger partial charge in [-0.25, -0.2) is 4.98 Å². The average molecular weight is 255 g/mol. The van der Waals surface area contributed by atoms with Gasteiger partial charge in [-0.15, -0.1) is 11.3 Å². The van der Waals surface area contributed by atoms with Gasteiger partial charge in [0.25, 0.3) is 0 Å². The number of morpholine rings is 1. The van der Waals surface area contributed by atoms with E-state index >= 15 is 0 Å². The number of ether oxygens (including phenoxy) is 1. The minimum absolute atomic E-state index is 0.344. The highest BCUT2D eigenvalue weighted by atomic mass is 32.1. The van der Waals surface area contributed by atoms with Gasteiger partial charge >= 0.3 is 0 Å². The van der Waals surface area contributed by atoms with Crippen molar-refractivity contribution >= 4 is 11.3 Å². The largest absolute Gasteiger partial charge is 0.374 e. The predicted molar refractivity (Wildman–Crippen MR) is 70.7 cm³/mol. The molecule has 0 radical (unpaired) electrons. The summed E-state index contributed by atoms with van der Waals surface area (Å²) in [5, 5.41) is 3.18. The molecule has 0 amide bonds. The van der Waals surface area contributed by atoms with Crippen LogP contribution in [-0.2, 0) is 11.2 Å². The molecule has 0 bridgehead atoms. The number of aryl methyl sites for hydroxylation is 1. The zero-order valence-electron chi connectivity index (χ0n) is 10.6. The van der Waals surface area contributed by atoms with Gasteiger partial charge in [0, 0.05) is 31.1 Å². The van der Waals surface area contributed by atoms with Gasteiger partial charge in [0.2, 0.25) is 0 Å². The van der Waals surface area contributed by atoms with E-state index in [1.165, 1.54) is 10.6 Å². The molecule has 1 N–H and O–H groups in total. The first-order valence-electron chi connectivity index (χ1n) is 6.17. The molecule has 1 aliphatic rings. The Morgan fingerprint density at radius 3 is 3.24 bits per heavy atom. The molecule has 2 rings (SSSR count). The third-order valence-corrected chi connectivity index (χ3v) is 4.15. The van der Waals surface area contributed by atoms with Gasteiger partial charge in [-0.05, 0) is 20.4 Å². The Bertz CT molecular complexity index is 340. The highest BCUT2D eigenvalue weighted by Crippen LogP contribution is 2.14. The molecule has 1 aromatic rings. The second-order valence-corrected chi connectivity index (χ2v) is 5.40. The van der Waals surface area contributed by atoms with E-state index in [9.17, 15) is 0 Å². The van der Waals surface area contributed by atoms with Gasteiger partial charge < -0.3 is 10.1 Å². The van der Waals surface area contributed by atoms with Crippen LogP contribution in [0.2, 0.25) is 0 Å². The van der Waals surface area contributed by atoms with Crippen molar-refractivity contribution in [2.24, 2.45) is 0 Å². The number of hydrogen-bond acceptors (Lipinski definition) is 5. The average Bonchev–Trinajstić information content (AvgIpc) is 2.73. The van der Waals surface area contributed by atoms with Crippen molar-refractivity contribution in [2.75, 3.05) is 39.8 Å². The molecule has 17 heavy (non-hydrogen) atoms. The van der Waals surface area contributed by atoms with Crippen molar-refractivity contribution in [1.82, 2.24) is 15.2 Å². The summed E-state index contributed by atoms with van der Waals surface area (Å²) in [6.07, 6.45) is 1.46. The molecule has 2 heterocycles. The maximum Gasteiger partial charge on any atom is 0.0826 e. The van der Waals surface area contributed by atoms with Crippen LogP contribution in [0.5, 0.6) is 0 Å². The minimum Gasteiger partial charge on any atom is -0.374 e. The van der Waals surface area contributed by atoms with E-state index in [1.54, 1.807) is 11.3 Å². The first-order valence-corrected chi connectivity index (χ1v) is 7.05. The number of likely N-dealkylation sites (N-methyl/N-ethyl adjacent to an activating group) is 1. The van der Waals surface area contributed by atoms with Crippen molar-refractivity contribution < 1.29 is 4.74 Å². The molecular formula is C12H21N3OS. The van der Waals surface area contributed by atoms with Gasteiger partial charge in [0.1, 0.15) is 0 Å². The maximum atomic E-state index is 5.70. The summed E-state index contributed by atoms with van der Waals surface area (Å²) in [5.41, 5.74) is 3.13. The normalized spacial score (nSPS) is 21.9. The third kappa shape index (κ3) is 3.74. The minimum atomic E-state index is 0.344. The van der Waals surface area contributed by atoms with Crippen LogP contribution in [0.15, 0.2) is 5.51 Å². The molecule has 1 unspecified atom stereocenters. The first kappa shape index (κ1) is 13.0. The zero-order chi connectivity index (χ0) is 12.1. The molecule has 0 saturated carbocycles. The number of nitrogens with zero attached hydrogens (tertiary/aromatic N) is 2. The Hall–Kier alpha value is -0.490. The lowest BCUT2D eigenvalue weighted by Gasteiger charge is -2.32. The van der Waals surface area contributed by atoms with Crippen LogP contribution in [-0.4, -0.2) is 55.8 Å². The fourth-order valence-corrected chi connectivity index (χ4v) is 2.93. The van der Waals surface area contributed by atoms with Gasteiger partial charge in [-0.2, -0.15) is 0 Å². The highest BCUT2D eigenvalue weighted by molar-refractivity contribution is 7.09. The number of nitrogens with one attached hydrogen (secondary N) is 1. The summed E-state index contributed by atoms with van der Waals surface area (Å²) in [4.78, 5) is 8.20. The Labute approximate surface area is 107 Å². The van der Waals surface area contributed by atoms with Gasteiger partial charge in [-0.3, -0.25) is 4.90 Å². The summed E-state index contributed by atoms with van der Waals surface area (Å²) in [6.45, 7) is 7.10. The van der Waals surface area contributed by atoms with Crippen LogP contribution in [0.4, 0.5) is 0 Å². The van der Waals surface area contributed by atoms with Crippen LogP contribution in [0, 0.1) is 6.92 Å². The summed E-state index contributed by atoms with van der Waals surface area (Å²) >= 11 is 1.77. The fourth-order valence-electron chi connectivity index (χ4n) is 2.16. The lowest BCUT2D eigenvalue weighted by atomic mass is 10.2. The molecule has 1 saturated heterocycles. The third-order valence-electron chi connectivity index (χ3n) is 3.15. The molecule has 0 aliphatic carbocycles.